The van der Waals surface area contributed by atoms with E-state index in [1.54, 1.807) is 52.5 Å². The molecule has 0 radical (unpaired) electrons. The van der Waals surface area contributed by atoms with Crippen LogP contribution in [0, 0.1) is 0 Å². The molecule has 10 heteroatoms. The van der Waals surface area contributed by atoms with Gasteiger partial charge in [0.05, 0.1) is 24.4 Å². The molecule has 0 amide bonds. The van der Waals surface area contributed by atoms with E-state index in [4.69, 9.17) is 9.72 Å². The number of aromatic nitrogens is 3. The predicted molar refractivity (Wildman–Crippen MR) is 135 cm³/mol. The van der Waals surface area contributed by atoms with Crippen LogP contribution in [0.4, 0.5) is 0 Å². The van der Waals surface area contributed by atoms with Crippen LogP contribution >= 0.6 is 77.2 Å². The maximum atomic E-state index is 5.37. The first-order chi connectivity index (χ1) is 14.6. The minimum Gasteiger partial charge on any atom is -0.467 e. The minimum atomic E-state index is 0.317. The van der Waals surface area contributed by atoms with E-state index >= 15 is 0 Å². The van der Waals surface area contributed by atoms with Crippen molar-refractivity contribution < 1.29 is 4.74 Å². The number of thiophene rings is 4. The van der Waals surface area contributed by atoms with E-state index in [9.17, 15) is 0 Å². The molecule has 150 valence electrons. The smallest absolute Gasteiger partial charge is 0.320 e. The van der Waals surface area contributed by atoms with Gasteiger partial charge in [-0.25, -0.2) is 4.98 Å². The Balaban J connectivity index is 1.52. The Labute approximate surface area is 205 Å². The maximum Gasteiger partial charge on any atom is 0.320 e. The number of ether oxygens (including phenoxy) is 1. The molecule has 5 aromatic rings. The second kappa shape index (κ2) is 8.60. The van der Waals surface area contributed by atoms with Crippen molar-refractivity contribution >= 4 is 77.2 Å². The number of hydrogen-bond donors (Lipinski definition) is 0. The highest BCUT2D eigenvalue weighted by Crippen LogP contribution is 2.40. The van der Waals surface area contributed by atoms with Crippen molar-refractivity contribution in [2.45, 2.75) is 0 Å². The highest BCUT2D eigenvalue weighted by atomic mass is 79.9. The molecular weight excluding hydrogens is 586 g/mol. The average molecular weight is 597 g/mol. The second-order valence-electron chi connectivity index (χ2n) is 6.00. The molecule has 0 saturated heterocycles. The first kappa shape index (κ1) is 20.5. The van der Waals surface area contributed by atoms with Crippen molar-refractivity contribution in [3.63, 3.8) is 0 Å². The molecule has 0 aliphatic carbocycles. The number of methoxy groups -OCH3 is 1. The highest BCUT2D eigenvalue weighted by Gasteiger charge is 2.16. The Morgan fingerprint density at radius 2 is 0.967 bits per heavy atom. The standard InChI is InChI=1S/C20H11Br2N3OS4/c1-26-20-24-18(14-4-2-10(27-14)12-6-8-16(21)29-12)23-19(25-20)15-5-3-11(28-15)13-7-9-17(22)30-13/h2-9H,1H3. The fourth-order valence-corrected chi connectivity index (χ4v) is 7.58. The Morgan fingerprint density at radius 3 is 1.37 bits per heavy atom. The quantitative estimate of drug-likeness (QED) is 0.205. The van der Waals surface area contributed by atoms with Crippen LogP contribution in [-0.2, 0) is 0 Å². The third-order valence-electron chi connectivity index (χ3n) is 4.08. The summed E-state index contributed by atoms with van der Waals surface area (Å²) < 4.78 is 7.59. The molecule has 0 spiro atoms. The molecule has 5 aromatic heterocycles. The monoisotopic (exact) mass is 595 g/mol. The number of halogens is 2. The summed E-state index contributed by atoms with van der Waals surface area (Å²) in [7, 11) is 1.58. The lowest BCUT2D eigenvalue weighted by atomic mass is 10.3. The summed E-state index contributed by atoms with van der Waals surface area (Å²) in [5.41, 5.74) is 0. The molecule has 0 fully saturated rings. The van der Waals surface area contributed by atoms with Crippen LogP contribution in [0.15, 0.2) is 56.1 Å². The van der Waals surface area contributed by atoms with Crippen molar-refractivity contribution in [2.75, 3.05) is 7.11 Å². The largest absolute Gasteiger partial charge is 0.467 e. The van der Waals surface area contributed by atoms with Crippen molar-refractivity contribution in [3.8, 4) is 46.9 Å². The van der Waals surface area contributed by atoms with E-state index in [1.807, 2.05) is 0 Å². The molecule has 0 saturated carbocycles. The lowest BCUT2D eigenvalue weighted by Crippen LogP contribution is -1.98. The van der Waals surface area contributed by atoms with E-state index < -0.39 is 0 Å². The normalized spacial score (nSPS) is 11.2. The van der Waals surface area contributed by atoms with Gasteiger partial charge in [0.1, 0.15) is 0 Å². The Kier molecular flexibility index (Phi) is 5.87. The first-order valence-corrected chi connectivity index (χ1v) is 13.5. The van der Waals surface area contributed by atoms with Crippen molar-refractivity contribution in [1.29, 1.82) is 0 Å². The lowest BCUT2D eigenvalue weighted by molar-refractivity contribution is 0.379. The van der Waals surface area contributed by atoms with Crippen LogP contribution in [0.2, 0.25) is 0 Å². The topological polar surface area (TPSA) is 47.9 Å². The average Bonchev–Trinajstić information content (AvgIpc) is 3.53. The lowest BCUT2D eigenvalue weighted by Gasteiger charge is -2.03. The maximum absolute atomic E-state index is 5.37. The van der Waals surface area contributed by atoms with E-state index in [2.05, 4.69) is 90.4 Å². The third kappa shape index (κ3) is 4.17. The molecule has 30 heavy (non-hydrogen) atoms. The van der Waals surface area contributed by atoms with Gasteiger partial charge in [-0.2, -0.15) is 9.97 Å². The molecule has 5 rings (SSSR count). The molecule has 0 bridgehead atoms. The van der Waals surface area contributed by atoms with E-state index in [0.29, 0.717) is 17.7 Å². The van der Waals surface area contributed by atoms with Gasteiger partial charge in [-0.15, -0.1) is 45.3 Å². The first-order valence-electron chi connectivity index (χ1n) is 8.61. The van der Waals surface area contributed by atoms with Crippen molar-refractivity contribution in [2.24, 2.45) is 0 Å². The van der Waals surface area contributed by atoms with Gasteiger partial charge in [0.25, 0.3) is 0 Å². The fraction of sp³-hybridized carbons (Fsp3) is 0.0500. The number of nitrogens with zero attached hydrogens (tertiary/aromatic N) is 3. The van der Waals surface area contributed by atoms with E-state index in [-0.39, 0.29) is 0 Å². The summed E-state index contributed by atoms with van der Waals surface area (Å²) in [6.07, 6.45) is 0. The zero-order valence-electron chi connectivity index (χ0n) is 15.3. The summed E-state index contributed by atoms with van der Waals surface area (Å²) >= 11 is 13.8. The van der Waals surface area contributed by atoms with Crippen LogP contribution in [0.5, 0.6) is 6.01 Å². The molecular formula is C20H11Br2N3OS4. The molecule has 0 aliphatic rings. The van der Waals surface area contributed by atoms with Gasteiger partial charge in [0.15, 0.2) is 11.6 Å². The zero-order chi connectivity index (χ0) is 20.7. The Morgan fingerprint density at radius 1 is 0.567 bits per heavy atom. The summed E-state index contributed by atoms with van der Waals surface area (Å²) in [5, 5.41) is 0. The van der Waals surface area contributed by atoms with Crippen molar-refractivity contribution in [3.05, 3.63) is 56.1 Å². The van der Waals surface area contributed by atoms with Gasteiger partial charge in [0, 0.05) is 19.5 Å². The van der Waals surface area contributed by atoms with Crippen LogP contribution in [0.1, 0.15) is 0 Å². The van der Waals surface area contributed by atoms with Crippen LogP contribution in [0.25, 0.3) is 40.9 Å². The Bertz CT molecular complexity index is 1240. The molecule has 0 atom stereocenters. The van der Waals surface area contributed by atoms with E-state index in [0.717, 1.165) is 17.3 Å². The SMILES string of the molecule is COc1nc(-c2ccc(-c3ccc(Br)s3)s2)nc(-c2ccc(-c3ccc(Br)s3)s2)n1. The Hall–Kier alpha value is -1.43. The number of rotatable bonds is 5. The minimum absolute atomic E-state index is 0.317. The predicted octanol–water partition coefficient (Wildman–Crippen LogP) is 8.32. The molecule has 5 heterocycles. The van der Waals surface area contributed by atoms with Gasteiger partial charge in [-0.3, -0.25) is 0 Å². The van der Waals surface area contributed by atoms with Crippen LogP contribution in [0.3, 0.4) is 0 Å². The summed E-state index contributed by atoms with van der Waals surface area (Å²) in [5.74, 6) is 1.25. The fourth-order valence-electron chi connectivity index (χ4n) is 2.74. The molecule has 0 unspecified atom stereocenters. The highest BCUT2D eigenvalue weighted by molar-refractivity contribution is 9.11. The van der Waals surface area contributed by atoms with Gasteiger partial charge in [-0.05, 0) is 80.4 Å². The number of hydrogen-bond acceptors (Lipinski definition) is 8. The molecule has 0 aliphatic heterocycles. The van der Waals surface area contributed by atoms with Crippen molar-refractivity contribution in [1.82, 2.24) is 15.0 Å². The second-order valence-corrected chi connectivity index (χ2v) is 13.1. The molecule has 4 nitrogen and oxygen atoms in total. The van der Waals surface area contributed by atoms with Gasteiger partial charge >= 0.3 is 6.01 Å². The van der Waals surface area contributed by atoms with Gasteiger partial charge in [-0.1, -0.05) is 0 Å². The van der Waals surface area contributed by atoms with Gasteiger partial charge < -0.3 is 4.74 Å². The van der Waals surface area contributed by atoms with Gasteiger partial charge in [0.2, 0.25) is 0 Å². The summed E-state index contributed by atoms with van der Waals surface area (Å²) in [4.78, 5) is 20.5. The summed E-state index contributed by atoms with van der Waals surface area (Å²) in [6, 6.07) is 17.0. The van der Waals surface area contributed by atoms with E-state index in [1.165, 1.54) is 19.5 Å². The summed E-state index contributed by atoms with van der Waals surface area (Å²) in [6.45, 7) is 0. The van der Waals surface area contributed by atoms with Crippen LogP contribution in [-0.4, -0.2) is 22.1 Å². The molecule has 0 aromatic carbocycles. The zero-order valence-corrected chi connectivity index (χ0v) is 21.7. The third-order valence-corrected chi connectivity index (χ3v) is 9.88. The molecule has 0 N–H and O–H groups in total. The van der Waals surface area contributed by atoms with Crippen LogP contribution < -0.4 is 4.74 Å².